The first-order valence-corrected chi connectivity index (χ1v) is 8.53. The lowest BCUT2D eigenvalue weighted by Gasteiger charge is -2.33. The van der Waals surface area contributed by atoms with E-state index in [1.54, 1.807) is 6.07 Å². The number of nitrogens with one attached hydrogen (secondary N) is 1. The number of fused-ring (bicyclic) bond motifs is 1. The number of hydrogen-bond donors (Lipinski definition) is 1. The van der Waals surface area contributed by atoms with Crippen molar-refractivity contribution in [3.05, 3.63) is 47.3 Å². The van der Waals surface area contributed by atoms with Crippen LogP contribution in [0.5, 0.6) is 0 Å². The van der Waals surface area contributed by atoms with Crippen LogP contribution >= 0.6 is 0 Å². The number of aryl methyl sites for hydroxylation is 1. The Labute approximate surface area is 142 Å². The second-order valence-corrected chi connectivity index (χ2v) is 6.48. The van der Waals surface area contributed by atoms with Gasteiger partial charge in [0.1, 0.15) is 12.0 Å². The van der Waals surface area contributed by atoms with Crippen molar-refractivity contribution in [3.8, 4) is 11.1 Å². The largest absolute Gasteiger partial charge is 0.388 e. The van der Waals surface area contributed by atoms with Crippen LogP contribution in [0.2, 0.25) is 0 Å². The van der Waals surface area contributed by atoms with E-state index in [4.69, 9.17) is 0 Å². The number of halogens is 2. The maximum absolute atomic E-state index is 14.7. The van der Waals surface area contributed by atoms with Gasteiger partial charge in [-0.15, -0.1) is 0 Å². The summed E-state index contributed by atoms with van der Waals surface area (Å²) >= 11 is 0. The van der Waals surface area contributed by atoms with Gasteiger partial charge in [0.25, 0.3) is 0 Å². The minimum Gasteiger partial charge on any atom is -0.388 e. The molecule has 1 unspecified atom stereocenters. The first-order chi connectivity index (χ1) is 11.5. The molecule has 24 heavy (non-hydrogen) atoms. The van der Waals surface area contributed by atoms with Gasteiger partial charge < -0.3 is 10.2 Å². The summed E-state index contributed by atoms with van der Waals surface area (Å²) in [4.78, 5) is 1.98. The molecule has 1 N–H and O–H groups in total. The Morgan fingerprint density at radius 3 is 2.75 bits per heavy atom. The monoisotopic (exact) mass is 330 g/mol. The minimum atomic E-state index is -1.00. The molecule has 0 aromatic heterocycles. The van der Waals surface area contributed by atoms with E-state index >= 15 is 0 Å². The summed E-state index contributed by atoms with van der Waals surface area (Å²) in [7, 11) is 1.87. The highest BCUT2D eigenvalue weighted by Crippen LogP contribution is 2.36. The molecule has 1 aliphatic heterocycles. The summed E-state index contributed by atoms with van der Waals surface area (Å²) in [5.74, 6) is -0.305. The molecule has 128 valence electrons. The van der Waals surface area contributed by atoms with E-state index in [1.807, 2.05) is 43.1 Å². The quantitative estimate of drug-likeness (QED) is 0.853. The van der Waals surface area contributed by atoms with Gasteiger partial charge in [0.05, 0.1) is 0 Å². The van der Waals surface area contributed by atoms with Crippen LogP contribution in [0.15, 0.2) is 30.3 Å². The van der Waals surface area contributed by atoms with Crippen LogP contribution < -0.4 is 10.2 Å². The van der Waals surface area contributed by atoms with Crippen LogP contribution in [0.25, 0.3) is 11.1 Å². The maximum atomic E-state index is 14.7. The summed E-state index contributed by atoms with van der Waals surface area (Å²) in [6.07, 6.45) is 0.0717. The summed E-state index contributed by atoms with van der Waals surface area (Å²) in [5, 5.41) is 3.12. The van der Waals surface area contributed by atoms with Gasteiger partial charge >= 0.3 is 0 Å². The average Bonchev–Trinajstić information content (AvgIpc) is 2.56. The molecule has 0 aliphatic carbocycles. The molecule has 3 rings (SSSR count). The summed E-state index contributed by atoms with van der Waals surface area (Å²) < 4.78 is 28.7. The topological polar surface area (TPSA) is 15.3 Å². The molecular formula is C20H24F2N2. The molecule has 1 heterocycles. The lowest BCUT2D eigenvalue weighted by Crippen LogP contribution is -2.37. The molecule has 0 fully saturated rings. The fourth-order valence-electron chi connectivity index (χ4n) is 3.46. The molecule has 0 amide bonds. The fourth-order valence-corrected chi connectivity index (χ4v) is 3.46. The zero-order valence-corrected chi connectivity index (χ0v) is 14.5. The predicted molar refractivity (Wildman–Crippen MR) is 97.2 cm³/mol. The molecule has 4 heteroatoms. The first-order valence-electron chi connectivity index (χ1n) is 8.53. The van der Waals surface area contributed by atoms with Crippen molar-refractivity contribution in [1.82, 2.24) is 0 Å². The molecule has 1 aliphatic rings. The Kier molecular flexibility index (Phi) is 4.74. The molecule has 0 bridgehead atoms. The van der Waals surface area contributed by atoms with E-state index in [-0.39, 0.29) is 12.2 Å². The van der Waals surface area contributed by atoms with Gasteiger partial charge in [-0.05, 0) is 54.3 Å². The maximum Gasteiger partial charge on any atom is 0.129 e. The van der Waals surface area contributed by atoms with E-state index in [0.29, 0.717) is 12.1 Å². The Bertz CT molecular complexity index is 743. The zero-order chi connectivity index (χ0) is 17.3. The standard InChI is InChI=1S/C20H24F2N2/c1-4-7-24-12-15(21)10-18-19(22)8-14(9-20(18)24)17-11-16(23-3)6-5-13(17)2/h5-6,8-9,11,15,23H,4,7,10,12H2,1-3H3. The number of hydrogen-bond acceptors (Lipinski definition) is 2. The van der Waals surface area contributed by atoms with E-state index in [2.05, 4.69) is 12.2 Å². The molecule has 2 aromatic rings. The third-order valence-corrected chi connectivity index (χ3v) is 4.69. The molecule has 0 saturated heterocycles. The predicted octanol–water partition coefficient (Wildman–Crippen LogP) is 4.95. The molecule has 0 saturated carbocycles. The Morgan fingerprint density at radius 1 is 1.25 bits per heavy atom. The highest BCUT2D eigenvalue weighted by molar-refractivity contribution is 5.76. The molecule has 0 spiro atoms. The van der Waals surface area contributed by atoms with E-state index in [1.165, 1.54) is 0 Å². The van der Waals surface area contributed by atoms with Crippen molar-refractivity contribution in [2.75, 3.05) is 30.4 Å². The first kappa shape index (κ1) is 16.7. The summed E-state index contributed by atoms with van der Waals surface area (Å²) in [5.41, 5.74) is 5.28. The van der Waals surface area contributed by atoms with Crippen molar-refractivity contribution in [1.29, 1.82) is 0 Å². The lowest BCUT2D eigenvalue weighted by molar-refractivity contribution is 0.319. The van der Waals surface area contributed by atoms with Crippen molar-refractivity contribution < 1.29 is 8.78 Å². The minimum absolute atomic E-state index is 0.164. The van der Waals surface area contributed by atoms with Gasteiger partial charge in [0, 0.05) is 43.5 Å². The second-order valence-electron chi connectivity index (χ2n) is 6.48. The number of alkyl halides is 1. The average molecular weight is 330 g/mol. The Morgan fingerprint density at radius 2 is 2.04 bits per heavy atom. The molecule has 1 atom stereocenters. The van der Waals surface area contributed by atoms with E-state index in [0.717, 1.165) is 41.0 Å². The van der Waals surface area contributed by atoms with Crippen LogP contribution in [-0.4, -0.2) is 26.3 Å². The Balaban J connectivity index is 2.12. The Hall–Kier alpha value is -2.10. The fraction of sp³-hybridized carbons (Fsp3) is 0.400. The second kappa shape index (κ2) is 6.80. The van der Waals surface area contributed by atoms with E-state index < -0.39 is 6.17 Å². The zero-order valence-electron chi connectivity index (χ0n) is 14.5. The summed E-state index contributed by atoms with van der Waals surface area (Å²) in [6, 6.07) is 9.62. The highest BCUT2D eigenvalue weighted by Gasteiger charge is 2.27. The van der Waals surface area contributed by atoms with Gasteiger partial charge in [-0.1, -0.05) is 13.0 Å². The number of nitrogens with zero attached hydrogens (tertiary/aromatic N) is 1. The van der Waals surface area contributed by atoms with Gasteiger partial charge in [-0.3, -0.25) is 0 Å². The van der Waals surface area contributed by atoms with Gasteiger partial charge in [0.15, 0.2) is 0 Å². The van der Waals surface area contributed by atoms with Gasteiger partial charge in [0.2, 0.25) is 0 Å². The third kappa shape index (κ3) is 3.10. The van der Waals surface area contributed by atoms with Gasteiger partial charge in [-0.2, -0.15) is 0 Å². The van der Waals surface area contributed by atoms with Crippen LogP contribution in [0.3, 0.4) is 0 Å². The van der Waals surface area contributed by atoms with Gasteiger partial charge in [-0.25, -0.2) is 8.78 Å². The summed E-state index contributed by atoms with van der Waals surface area (Å²) in [6.45, 7) is 5.17. The SMILES string of the molecule is CCCN1CC(F)Cc2c(F)cc(-c3cc(NC)ccc3C)cc21. The molecule has 2 aromatic carbocycles. The van der Waals surface area contributed by atoms with E-state index in [9.17, 15) is 8.78 Å². The number of benzene rings is 2. The normalized spacial score (nSPS) is 16.9. The van der Waals surface area contributed by atoms with Crippen molar-refractivity contribution >= 4 is 11.4 Å². The van der Waals surface area contributed by atoms with Crippen molar-refractivity contribution in [2.24, 2.45) is 0 Å². The number of rotatable bonds is 4. The van der Waals surface area contributed by atoms with Crippen LogP contribution in [-0.2, 0) is 6.42 Å². The third-order valence-electron chi connectivity index (χ3n) is 4.69. The lowest BCUT2D eigenvalue weighted by atomic mass is 9.93. The van der Waals surface area contributed by atoms with Crippen LogP contribution in [0, 0.1) is 12.7 Å². The van der Waals surface area contributed by atoms with Crippen molar-refractivity contribution in [3.63, 3.8) is 0 Å². The molecular weight excluding hydrogens is 306 g/mol. The smallest absolute Gasteiger partial charge is 0.129 e. The van der Waals surface area contributed by atoms with Crippen LogP contribution in [0.1, 0.15) is 24.5 Å². The molecule has 0 radical (unpaired) electrons. The highest BCUT2D eigenvalue weighted by atomic mass is 19.1. The van der Waals surface area contributed by atoms with Crippen molar-refractivity contribution in [2.45, 2.75) is 32.9 Å². The molecule has 2 nitrogen and oxygen atoms in total. The number of anilines is 2. The van der Waals surface area contributed by atoms with Crippen LogP contribution in [0.4, 0.5) is 20.2 Å².